The molecule has 0 saturated heterocycles. The third-order valence-electron chi connectivity index (χ3n) is 2.82. The number of carbonyl (C=O) groups is 2. The number of hydrogen-bond donors (Lipinski definition) is 4. The minimum Gasteiger partial charge on any atom is -0.478 e. The Bertz CT molecular complexity index is 672. The number of pyridine rings is 1. The van der Waals surface area contributed by atoms with Crippen molar-refractivity contribution < 1.29 is 19.8 Å². The molecule has 0 aliphatic rings. The maximum absolute atomic E-state index is 11.1. The summed E-state index contributed by atoms with van der Waals surface area (Å²) in [5.41, 5.74) is 5.03. The van der Waals surface area contributed by atoms with E-state index in [4.69, 9.17) is 10.8 Å². The van der Waals surface area contributed by atoms with Crippen LogP contribution in [0, 0.1) is 0 Å². The summed E-state index contributed by atoms with van der Waals surface area (Å²) in [6, 6.07) is 6.83. The quantitative estimate of drug-likeness (QED) is 0.617. The van der Waals surface area contributed by atoms with Crippen LogP contribution in [0.5, 0.6) is 0 Å². The standard InChI is InChI=1S/C13H13N3O4/c14-11(18)10(17)6-16-12-8-4-2-1-3-7(8)9(5-15-12)13(19)20/h1-5,10,17H,6H2,(H2,14,18)(H,15,16)(H,19,20). The Labute approximate surface area is 114 Å². The summed E-state index contributed by atoms with van der Waals surface area (Å²) >= 11 is 0. The van der Waals surface area contributed by atoms with Crippen LogP contribution in [-0.4, -0.2) is 39.7 Å². The predicted molar refractivity (Wildman–Crippen MR) is 72.4 cm³/mol. The largest absolute Gasteiger partial charge is 0.478 e. The van der Waals surface area contributed by atoms with Gasteiger partial charge in [-0.25, -0.2) is 9.78 Å². The first-order valence-corrected chi connectivity index (χ1v) is 5.83. The lowest BCUT2D eigenvalue weighted by Crippen LogP contribution is -2.34. The van der Waals surface area contributed by atoms with Gasteiger partial charge in [0.25, 0.3) is 0 Å². The minimum absolute atomic E-state index is 0.0848. The summed E-state index contributed by atoms with van der Waals surface area (Å²) in [6.45, 7) is -0.0985. The number of benzene rings is 1. The number of carboxylic acids is 1. The summed E-state index contributed by atoms with van der Waals surface area (Å²) in [5.74, 6) is -1.53. The van der Waals surface area contributed by atoms with E-state index < -0.39 is 18.0 Å². The fourth-order valence-electron chi connectivity index (χ4n) is 1.80. The van der Waals surface area contributed by atoms with Crippen molar-refractivity contribution in [1.82, 2.24) is 4.98 Å². The highest BCUT2D eigenvalue weighted by molar-refractivity contribution is 6.06. The number of aliphatic hydroxyl groups is 1. The first kappa shape index (κ1) is 13.8. The van der Waals surface area contributed by atoms with Crippen LogP contribution in [0.4, 0.5) is 5.82 Å². The molecule has 2 rings (SSSR count). The average Bonchev–Trinajstić information content (AvgIpc) is 2.43. The number of nitrogens with one attached hydrogen (secondary N) is 1. The van der Waals surface area contributed by atoms with Crippen molar-refractivity contribution in [3.05, 3.63) is 36.0 Å². The SMILES string of the molecule is NC(=O)C(O)CNc1ncc(C(=O)O)c2ccccc12. The summed E-state index contributed by atoms with van der Waals surface area (Å²) in [6.07, 6.45) is -0.112. The molecule has 1 heterocycles. The monoisotopic (exact) mass is 275 g/mol. The molecular formula is C13H13N3O4. The Morgan fingerprint density at radius 2 is 1.95 bits per heavy atom. The van der Waals surface area contributed by atoms with Gasteiger partial charge in [-0.3, -0.25) is 4.79 Å². The Balaban J connectivity index is 2.38. The number of amides is 1. The Morgan fingerprint density at radius 3 is 2.55 bits per heavy atom. The smallest absolute Gasteiger partial charge is 0.337 e. The van der Waals surface area contributed by atoms with Gasteiger partial charge in [0.05, 0.1) is 12.1 Å². The second-order valence-electron chi connectivity index (χ2n) is 4.17. The maximum atomic E-state index is 11.1. The molecule has 1 amide bonds. The van der Waals surface area contributed by atoms with E-state index >= 15 is 0 Å². The van der Waals surface area contributed by atoms with Crippen molar-refractivity contribution >= 4 is 28.5 Å². The molecule has 0 aliphatic carbocycles. The van der Waals surface area contributed by atoms with E-state index in [1.54, 1.807) is 24.3 Å². The number of aromatic carboxylic acids is 1. The van der Waals surface area contributed by atoms with E-state index in [1.165, 1.54) is 6.20 Å². The summed E-state index contributed by atoms with van der Waals surface area (Å²) < 4.78 is 0. The van der Waals surface area contributed by atoms with Crippen LogP contribution in [-0.2, 0) is 4.79 Å². The fourth-order valence-corrected chi connectivity index (χ4v) is 1.80. The number of nitrogens with zero attached hydrogens (tertiary/aromatic N) is 1. The molecule has 1 aromatic carbocycles. The molecule has 0 bridgehead atoms. The molecule has 0 fully saturated rings. The van der Waals surface area contributed by atoms with Gasteiger partial charge >= 0.3 is 5.97 Å². The number of aliphatic hydroxyl groups excluding tert-OH is 1. The van der Waals surface area contributed by atoms with Crippen LogP contribution in [0.25, 0.3) is 10.8 Å². The van der Waals surface area contributed by atoms with Crippen molar-refractivity contribution in [2.75, 3.05) is 11.9 Å². The highest BCUT2D eigenvalue weighted by Gasteiger charge is 2.14. The molecule has 0 aliphatic heterocycles. The van der Waals surface area contributed by atoms with Crippen molar-refractivity contribution in [3.63, 3.8) is 0 Å². The molecule has 1 aromatic heterocycles. The van der Waals surface area contributed by atoms with E-state index in [-0.39, 0.29) is 12.1 Å². The second-order valence-corrected chi connectivity index (χ2v) is 4.17. The zero-order chi connectivity index (χ0) is 14.7. The molecule has 7 heteroatoms. The average molecular weight is 275 g/mol. The second kappa shape index (κ2) is 5.54. The molecule has 0 saturated carbocycles. The number of primary amides is 1. The zero-order valence-corrected chi connectivity index (χ0v) is 10.4. The molecule has 0 spiro atoms. The summed E-state index contributed by atoms with van der Waals surface area (Å²) in [5, 5.41) is 22.3. The maximum Gasteiger partial charge on any atom is 0.337 e. The zero-order valence-electron chi connectivity index (χ0n) is 10.4. The lowest BCUT2D eigenvalue weighted by Gasteiger charge is -2.12. The van der Waals surface area contributed by atoms with Gasteiger partial charge in [-0.15, -0.1) is 0 Å². The fraction of sp³-hybridized carbons (Fsp3) is 0.154. The molecular weight excluding hydrogens is 262 g/mol. The number of carboxylic acid groups (broad SMARTS) is 1. The van der Waals surface area contributed by atoms with E-state index in [2.05, 4.69) is 10.3 Å². The van der Waals surface area contributed by atoms with Gasteiger partial charge in [-0.2, -0.15) is 0 Å². The number of fused-ring (bicyclic) bond motifs is 1. The number of carbonyl (C=O) groups excluding carboxylic acids is 1. The predicted octanol–water partition coefficient (Wildman–Crippen LogP) is 0.191. The van der Waals surface area contributed by atoms with Crippen molar-refractivity contribution in [1.29, 1.82) is 0 Å². The molecule has 20 heavy (non-hydrogen) atoms. The van der Waals surface area contributed by atoms with Crippen LogP contribution in [0.2, 0.25) is 0 Å². The molecule has 1 unspecified atom stereocenters. The van der Waals surface area contributed by atoms with Crippen LogP contribution in [0.15, 0.2) is 30.5 Å². The molecule has 5 N–H and O–H groups in total. The molecule has 7 nitrogen and oxygen atoms in total. The van der Waals surface area contributed by atoms with Gasteiger partial charge < -0.3 is 21.3 Å². The van der Waals surface area contributed by atoms with Gasteiger partial charge in [-0.05, 0) is 0 Å². The normalized spacial score (nSPS) is 12.1. The third kappa shape index (κ3) is 2.67. The lowest BCUT2D eigenvalue weighted by atomic mass is 10.1. The number of aromatic nitrogens is 1. The van der Waals surface area contributed by atoms with Crippen molar-refractivity contribution in [2.24, 2.45) is 5.73 Å². The summed E-state index contributed by atoms with van der Waals surface area (Å²) in [7, 11) is 0. The van der Waals surface area contributed by atoms with E-state index in [1.807, 2.05) is 0 Å². The van der Waals surface area contributed by atoms with Crippen LogP contribution in [0.1, 0.15) is 10.4 Å². The minimum atomic E-state index is -1.34. The number of hydrogen-bond acceptors (Lipinski definition) is 5. The Kier molecular flexibility index (Phi) is 3.81. The van der Waals surface area contributed by atoms with E-state index in [0.29, 0.717) is 16.6 Å². The Hall–Kier alpha value is -2.67. The topological polar surface area (TPSA) is 126 Å². The first-order valence-electron chi connectivity index (χ1n) is 5.83. The highest BCUT2D eigenvalue weighted by atomic mass is 16.4. The van der Waals surface area contributed by atoms with Gasteiger partial charge in [0.1, 0.15) is 11.9 Å². The number of anilines is 1. The van der Waals surface area contributed by atoms with Gasteiger partial charge in [0.2, 0.25) is 5.91 Å². The summed E-state index contributed by atoms with van der Waals surface area (Å²) in [4.78, 5) is 25.9. The van der Waals surface area contributed by atoms with E-state index in [0.717, 1.165) is 0 Å². The van der Waals surface area contributed by atoms with Crippen LogP contribution >= 0.6 is 0 Å². The molecule has 104 valence electrons. The van der Waals surface area contributed by atoms with Gasteiger partial charge in [-0.1, -0.05) is 24.3 Å². The van der Waals surface area contributed by atoms with Crippen molar-refractivity contribution in [2.45, 2.75) is 6.10 Å². The molecule has 2 aromatic rings. The van der Waals surface area contributed by atoms with Gasteiger partial charge in [0, 0.05) is 17.0 Å². The molecule has 0 radical (unpaired) electrons. The van der Waals surface area contributed by atoms with E-state index in [9.17, 15) is 14.7 Å². The van der Waals surface area contributed by atoms with Crippen LogP contribution < -0.4 is 11.1 Å². The Morgan fingerprint density at radius 1 is 1.30 bits per heavy atom. The first-order chi connectivity index (χ1) is 9.50. The molecule has 1 atom stereocenters. The van der Waals surface area contributed by atoms with Crippen LogP contribution in [0.3, 0.4) is 0 Å². The lowest BCUT2D eigenvalue weighted by molar-refractivity contribution is -0.125. The van der Waals surface area contributed by atoms with Gasteiger partial charge in [0.15, 0.2) is 0 Å². The number of rotatable bonds is 5. The number of nitrogens with two attached hydrogens (primary N) is 1. The highest BCUT2D eigenvalue weighted by Crippen LogP contribution is 2.24. The third-order valence-corrected chi connectivity index (χ3v) is 2.82. The van der Waals surface area contributed by atoms with Crippen molar-refractivity contribution in [3.8, 4) is 0 Å².